The van der Waals surface area contributed by atoms with E-state index in [1.165, 1.54) is 32.3 Å². The summed E-state index contributed by atoms with van der Waals surface area (Å²) in [5.74, 6) is 1.34. The first-order valence-electron chi connectivity index (χ1n) is 18.9. The van der Waals surface area contributed by atoms with E-state index in [1.807, 2.05) is 54.6 Å². The first kappa shape index (κ1) is 30.9. The third kappa shape index (κ3) is 4.67. The Morgan fingerprint density at radius 1 is 0.411 bits per heavy atom. The molecule has 0 fully saturated rings. The normalized spacial score (nSPS) is 14.6. The molecule has 3 heterocycles. The molecule has 0 amide bonds. The van der Waals surface area contributed by atoms with Crippen LogP contribution < -0.4 is 5.32 Å². The maximum Gasteiger partial charge on any atom is 0.163 e. The van der Waals surface area contributed by atoms with Crippen LogP contribution in [-0.4, -0.2) is 11.7 Å². The lowest BCUT2D eigenvalue weighted by Gasteiger charge is -2.24. The summed E-state index contributed by atoms with van der Waals surface area (Å²) in [7, 11) is 0. The summed E-state index contributed by atoms with van der Waals surface area (Å²) in [6.07, 6.45) is -0.362. The number of rotatable bonds is 4. The van der Waals surface area contributed by atoms with Crippen molar-refractivity contribution in [3.05, 3.63) is 193 Å². The van der Waals surface area contributed by atoms with Gasteiger partial charge in [0.15, 0.2) is 5.84 Å². The lowest BCUT2D eigenvalue weighted by atomic mass is 9.92. The molecule has 0 saturated carbocycles. The molecule has 1 atom stereocenters. The molecule has 1 aliphatic rings. The molecule has 0 aliphatic carbocycles. The monoisotopic (exact) mass is 717 g/mol. The van der Waals surface area contributed by atoms with Crippen molar-refractivity contribution in [2.75, 3.05) is 0 Å². The van der Waals surface area contributed by atoms with E-state index in [0.717, 1.165) is 77.5 Å². The number of hydrogen-bond donors (Lipinski definition) is 1. The van der Waals surface area contributed by atoms with Crippen molar-refractivity contribution < 1.29 is 8.83 Å². The second-order valence-corrected chi connectivity index (χ2v) is 14.5. The molecule has 1 N–H and O–H groups in total. The summed E-state index contributed by atoms with van der Waals surface area (Å²) in [5, 5.41) is 15.4. The molecule has 262 valence electrons. The topological polar surface area (TPSA) is 63.0 Å². The third-order valence-corrected chi connectivity index (χ3v) is 11.3. The van der Waals surface area contributed by atoms with Crippen molar-refractivity contribution in [2.24, 2.45) is 9.98 Å². The molecule has 0 radical (unpaired) electrons. The van der Waals surface area contributed by atoms with E-state index in [0.29, 0.717) is 5.84 Å². The van der Waals surface area contributed by atoms with Crippen LogP contribution in [0.4, 0.5) is 0 Å². The van der Waals surface area contributed by atoms with Crippen LogP contribution >= 0.6 is 0 Å². The Balaban J connectivity index is 1.01. The van der Waals surface area contributed by atoms with Gasteiger partial charge in [-0.15, -0.1) is 0 Å². The maximum atomic E-state index is 6.65. The van der Waals surface area contributed by atoms with E-state index in [-0.39, 0.29) is 6.17 Å². The van der Waals surface area contributed by atoms with Gasteiger partial charge in [0, 0.05) is 27.1 Å². The molecule has 11 aromatic rings. The van der Waals surface area contributed by atoms with E-state index >= 15 is 0 Å². The van der Waals surface area contributed by atoms with Gasteiger partial charge in [0.1, 0.15) is 34.3 Å². The molecule has 1 unspecified atom stereocenters. The fourth-order valence-electron chi connectivity index (χ4n) is 8.73. The van der Waals surface area contributed by atoms with Gasteiger partial charge < -0.3 is 14.2 Å². The van der Waals surface area contributed by atoms with Gasteiger partial charge in [0.25, 0.3) is 0 Å². The number of hydrogen-bond acceptors (Lipinski definition) is 5. The Morgan fingerprint density at radius 2 is 1.00 bits per heavy atom. The van der Waals surface area contributed by atoms with Gasteiger partial charge in [-0.1, -0.05) is 140 Å². The maximum absolute atomic E-state index is 6.65. The summed E-state index contributed by atoms with van der Waals surface area (Å²) < 4.78 is 13.1. The van der Waals surface area contributed by atoms with Crippen LogP contribution in [0.5, 0.6) is 0 Å². The van der Waals surface area contributed by atoms with Crippen LogP contribution in [0.25, 0.3) is 87.3 Å². The molecule has 56 heavy (non-hydrogen) atoms. The van der Waals surface area contributed by atoms with Crippen molar-refractivity contribution in [1.29, 1.82) is 0 Å². The van der Waals surface area contributed by atoms with Crippen LogP contribution in [-0.2, 0) is 0 Å². The molecule has 9 aromatic carbocycles. The standard InChI is InChI=1S/C51H31N3O2/c1-2-12-30(13-3-1)49-52-50(54-51(53-49)42-21-10-19-39-38-18-8-9-22-44(38)56-48(39)42)41-20-11-23-45-47(41)40-27-25-32(29-46(40)55-45)31-24-26-37-35-16-5-4-14-33(35)34-15-6-7-17-36(34)43(37)28-31/h1-29,49H,(H,52,53,54). The number of furan rings is 2. The molecular formula is C51H31N3O2. The number of nitrogens with one attached hydrogen (secondary N) is 1. The zero-order valence-electron chi connectivity index (χ0n) is 30.0. The zero-order valence-corrected chi connectivity index (χ0v) is 30.0. The highest BCUT2D eigenvalue weighted by molar-refractivity contribution is 6.26. The van der Waals surface area contributed by atoms with Crippen LogP contribution in [0.15, 0.2) is 195 Å². The van der Waals surface area contributed by atoms with E-state index in [2.05, 4.69) is 127 Å². The Morgan fingerprint density at radius 3 is 1.79 bits per heavy atom. The van der Waals surface area contributed by atoms with E-state index in [9.17, 15) is 0 Å². The number of para-hydroxylation sites is 2. The van der Waals surface area contributed by atoms with Crippen LogP contribution in [0.1, 0.15) is 22.9 Å². The second kappa shape index (κ2) is 12.0. The Kier molecular flexibility index (Phi) is 6.63. The van der Waals surface area contributed by atoms with Gasteiger partial charge in [0.05, 0.1) is 5.56 Å². The largest absolute Gasteiger partial charge is 0.456 e. The lowest BCUT2D eigenvalue weighted by Crippen LogP contribution is -2.33. The predicted octanol–water partition coefficient (Wildman–Crippen LogP) is 13.1. The molecule has 0 spiro atoms. The van der Waals surface area contributed by atoms with Crippen molar-refractivity contribution in [3.8, 4) is 11.1 Å². The second-order valence-electron chi connectivity index (χ2n) is 14.5. The quantitative estimate of drug-likeness (QED) is 0.184. The minimum absolute atomic E-state index is 0.362. The fraction of sp³-hybridized carbons (Fsp3) is 0.0196. The minimum Gasteiger partial charge on any atom is -0.456 e. The Labute approximate surface area is 320 Å². The van der Waals surface area contributed by atoms with Crippen molar-refractivity contribution in [2.45, 2.75) is 6.17 Å². The molecule has 12 rings (SSSR count). The van der Waals surface area contributed by atoms with Crippen molar-refractivity contribution >= 4 is 87.9 Å². The number of nitrogens with zero attached hydrogens (tertiary/aromatic N) is 2. The summed E-state index contributed by atoms with van der Waals surface area (Å²) in [5.41, 5.74) is 8.32. The predicted molar refractivity (Wildman–Crippen MR) is 231 cm³/mol. The summed E-state index contributed by atoms with van der Waals surface area (Å²) in [4.78, 5) is 10.4. The summed E-state index contributed by atoms with van der Waals surface area (Å²) in [6, 6.07) is 61.6. The van der Waals surface area contributed by atoms with Gasteiger partial charge >= 0.3 is 0 Å². The van der Waals surface area contributed by atoms with E-state index in [1.54, 1.807) is 0 Å². The lowest BCUT2D eigenvalue weighted by molar-refractivity contribution is 0.662. The molecule has 5 heteroatoms. The highest BCUT2D eigenvalue weighted by atomic mass is 16.3. The van der Waals surface area contributed by atoms with Crippen LogP contribution in [0.3, 0.4) is 0 Å². The number of fused-ring (bicyclic) bond motifs is 12. The Bertz CT molecular complexity index is 3430. The highest BCUT2D eigenvalue weighted by Gasteiger charge is 2.26. The van der Waals surface area contributed by atoms with Crippen molar-refractivity contribution in [3.63, 3.8) is 0 Å². The fourth-order valence-corrected chi connectivity index (χ4v) is 8.73. The Hall–Kier alpha value is -7.50. The number of aliphatic imine (C=N–C) groups is 2. The highest BCUT2D eigenvalue weighted by Crippen LogP contribution is 2.40. The summed E-state index contributed by atoms with van der Waals surface area (Å²) >= 11 is 0. The molecule has 2 aromatic heterocycles. The first-order valence-corrected chi connectivity index (χ1v) is 18.9. The summed E-state index contributed by atoms with van der Waals surface area (Å²) in [6.45, 7) is 0. The molecular weight excluding hydrogens is 687 g/mol. The zero-order chi connectivity index (χ0) is 36.7. The average molecular weight is 718 g/mol. The smallest absolute Gasteiger partial charge is 0.163 e. The van der Waals surface area contributed by atoms with Gasteiger partial charge in [-0.25, -0.2) is 9.98 Å². The molecule has 0 saturated heterocycles. The molecule has 0 bridgehead atoms. The van der Waals surface area contributed by atoms with Crippen LogP contribution in [0, 0.1) is 0 Å². The number of benzene rings is 9. The van der Waals surface area contributed by atoms with Crippen LogP contribution in [0.2, 0.25) is 0 Å². The molecule has 5 nitrogen and oxygen atoms in total. The van der Waals surface area contributed by atoms with E-state index < -0.39 is 0 Å². The third-order valence-electron chi connectivity index (χ3n) is 11.3. The first-order chi connectivity index (χ1) is 27.7. The van der Waals surface area contributed by atoms with Crippen molar-refractivity contribution in [1.82, 2.24) is 5.32 Å². The van der Waals surface area contributed by atoms with Gasteiger partial charge in [0.2, 0.25) is 0 Å². The minimum atomic E-state index is -0.362. The molecule has 1 aliphatic heterocycles. The van der Waals surface area contributed by atoms with Gasteiger partial charge in [-0.05, 0) is 85.4 Å². The van der Waals surface area contributed by atoms with E-state index in [4.69, 9.17) is 18.8 Å². The van der Waals surface area contributed by atoms with Gasteiger partial charge in [-0.3, -0.25) is 0 Å². The van der Waals surface area contributed by atoms with Gasteiger partial charge in [-0.2, -0.15) is 0 Å². The SMILES string of the molecule is c1ccc(C2N=C(c3cccc4c3oc3ccccc34)N=C(c3cccc4oc5cc(-c6ccc7c8ccccc8c8ccccc8c7c6)ccc5c34)N2)cc1. The number of amidine groups is 2. The average Bonchev–Trinajstić information content (AvgIpc) is 3.85.